The van der Waals surface area contributed by atoms with E-state index in [0.29, 0.717) is 28.1 Å². The number of methoxy groups -OCH3 is 1. The molecule has 174 valence electrons. The lowest BCUT2D eigenvalue weighted by Gasteiger charge is -2.13. The molecule has 4 rings (SSSR count). The minimum atomic E-state index is -0.691. The molecule has 0 aliphatic rings. The number of carbonyl (C=O) groups excluding carboxylic acids is 2. The molecule has 0 spiro atoms. The van der Waals surface area contributed by atoms with Gasteiger partial charge in [0.25, 0.3) is 5.91 Å². The Labute approximate surface area is 193 Å². The summed E-state index contributed by atoms with van der Waals surface area (Å²) in [5, 5.41) is 12.2. The summed E-state index contributed by atoms with van der Waals surface area (Å²) in [6.07, 6.45) is 4.62. The maximum atomic E-state index is 14.8. The van der Waals surface area contributed by atoms with Crippen LogP contribution >= 0.6 is 0 Å². The molecule has 0 atom stereocenters. The van der Waals surface area contributed by atoms with E-state index in [1.165, 1.54) is 43.4 Å². The zero-order valence-corrected chi connectivity index (χ0v) is 18.5. The summed E-state index contributed by atoms with van der Waals surface area (Å²) < 4.78 is 27.4. The molecule has 11 heteroatoms. The topological polar surface area (TPSA) is 119 Å². The molecular formula is C23H21FN6O4. The second-order valence-electron chi connectivity index (χ2n) is 7.19. The third kappa shape index (κ3) is 4.72. The van der Waals surface area contributed by atoms with Gasteiger partial charge in [0, 0.05) is 49.7 Å². The molecule has 2 aromatic heterocycles. The number of aryl methyl sites for hydroxylation is 1. The van der Waals surface area contributed by atoms with Crippen LogP contribution in [0.2, 0.25) is 0 Å². The van der Waals surface area contributed by atoms with Gasteiger partial charge >= 0.3 is 6.03 Å². The number of hydrogen-bond donors (Lipinski definition) is 3. The molecule has 0 aliphatic carbocycles. The van der Waals surface area contributed by atoms with E-state index in [-0.39, 0.29) is 22.9 Å². The van der Waals surface area contributed by atoms with Crippen LogP contribution in [0.15, 0.2) is 55.0 Å². The zero-order valence-electron chi connectivity index (χ0n) is 18.5. The third-order valence-corrected chi connectivity index (χ3v) is 4.87. The Hall–Kier alpha value is -4.67. The maximum absolute atomic E-state index is 14.8. The van der Waals surface area contributed by atoms with E-state index >= 15 is 0 Å². The van der Waals surface area contributed by atoms with E-state index in [9.17, 15) is 14.0 Å². The first-order chi connectivity index (χ1) is 16.4. The highest BCUT2D eigenvalue weighted by Gasteiger charge is 2.16. The van der Waals surface area contributed by atoms with E-state index < -0.39 is 11.8 Å². The predicted octanol–water partition coefficient (Wildman–Crippen LogP) is 3.91. The van der Waals surface area contributed by atoms with Crippen LogP contribution in [-0.2, 0) is 7.05 Å². The van der Waals surface area contributed by atoms with Crippen molar-refractivity contribution in [2.75, 3.05) is 24.8 Å². The molecule has 0 saturated heterocycles. The fourth-order valence-electron chi connectivity index (χ4n) is 3.28. The molecule has 4 aromatic rings. The first kappa shape index (κ1) is 22.5. The zero-order chi connectivity index (χ0) is 24.2. The van der Waals surface area contributed by atoms with Crippen LogP contribution in [0, 0.1) is 5.82 Å². The number of hydrogen-bond acceptors (Lipinski definition) is 6. The summed E-state index contributed by atoms with van der Waals surface area (Å²) >= 11 is 0. The number of nitrogens with one attached hydrogen (secondary N) is 3. The van der Waals surface area contributed by atoms with Crippen molar-refractivity contribution in [2.24, 2.45) is 7.05 Å². The van der Waals surface area contributed by atoms with E-state index in [1.807, 2.05) is 0 Å². The van der Waals surface area contributed by atoms with Gasteiger partial charge in [-0.2, -0.15) is 5.10 Å². The SMILES string of the molecule is CNC(=O)c1cc2c(Oc3ccc(NC(=O)Nc4cnn(C)c4)cc3F)ccnc2cc1OC. The second kappa shape index (κ2) is 9.45. The smallest absolute Gasteiger partial charge is 0.323 e. The maximum Gasteiger partial charge on any atom is 0.323 e. The molecule has 10 nitrogen and oxygen atoms in total. The Balaban J connectivity index is 1.57. The van der Waals surface area contributed by atoms with E-state index in [4.69, 9.17) is 9.47 Å². The average Bonchev–Trinajstić information content (AvgIpc) is 3.23. The summed E-state index contributed by atoms with van der Waals surface area (Å²) in [5.41, 5.74) is 1.53. The lowest BCUT2D eigenvalue weighted by Crippen LogP contribution is -2.19. The van der Waals surface area contributed by atoms with Crippen molar-refractivity contribution >= 4 is 34.2 Å². The number of fused-ring (bicyclic) bond motifs is 1. The minimum Gasteiger partial charge on any atom is -0.496 e. The summed E-state index contributed by atoms with van der Waals surface area (Å²) in [6, 6.07) is 8.24. The summed E-state index contributed by atoms with van der Waals surface area (Å²) in [7, 11) is 4.68. The van der Waals surface area contributed by atoms with Crippen LogP contribution in [0.5, 0.6) is 17.2 Å². The number of pyridine rings is 1. The molecule has 0 unspecified atom stereocenters. The monoisotopic (exact) mass is 464 g/mol. The van der Waals surface area contributed by atoms with Crippen molar-refractivity contribution < 1.29 is 23.5 Å². The summed E-state index contributed by atoms with van der Waals surface area (Å²) in [6.45, 7) is 0. The normalized spacial score (nSPS) is 10.6. The number of halogens is 1. The number of anilines is 2. The molecule has 2 heterocycles. The number of aromatic nitrogens is 3. The van der Waals surface area contributed by atoms with Crippen molar-refractivity contribution in [3.8, 4) is 17.2 Å². The Bertz CT molecular complexity index is 1390. The third-order valence-electron chi connectivity index (χ3n) is 4.87. The first-order valence-electron chi connectivity index (χ1n) is 10.1. The number of nitrogens with zero attached hydrogens (tertiary/aromatic N) is 3. The highest BCUT2D eigenvalue weighted by molar-refractivity contribution is 6.02. The molecule has 3 N–H and O–H groups in total. The molecule has 2 aromatic carbocycles. The molecule has 0 saturated carbocycles. The van der Waals surface area contributed by atoms with Crippen molar-refractivity contribution in [1.82, 2.24) is 20.1 Å². The van der Waals surface area contributed by atoms with Crippen molar-refractivity contribution in [2.45, 2.75) is 0 Å². The second-order valence-corrected chi connectivity index (χ2v) is 7.19. The van der Waals surface area contributed by atoms with E-state index in [2.05, 4.69) is 26.0 Å². The van der Waals surface area contributed by atoms with Gasteiger partial charge in [0.15, 0.2) is 11.6 Å². The number of benzene rings is 2. The molecule has 0 aliphatic heterocycles. The van der Waals surface area contributed by atoms with Gasteiger partial charge in [0.05, 0.1) is 30.1 Å². The Morgan fingerprint density at radius 3 is 2.50 bits per heavy atom. The molecule has 0 fully saturated rings. The highest BCUT2D eigenvalue weighted by Crippen LogP contribution is 2.34. The number of amides is 3. The number of ether oxygens (including phenoxy) is 2. The van der Waals surface area contributed by atoms with Crippen LogP contribution in [0.4, 0.5) is 20.6 Å². The van der Waals surface area contributed by atoms with Gasteiger partial charge in [0.2, 0.25) is 0 Å². The quantitative estimate of drug-likeness (QED) is 0.398. The fourth-order valence-corrected chi connectivity index (χ4v) is 3.28. The summed E-state index contributed by atoms with van der Waals surface area (Å²) in [5.74, 6) is -0.457. The molecule has 0 radical (unpaired) electrons. The lowest BCUT2D eigenvalue weighted by molar-refractivity contribution is 0.0960. The van der Waals surface area contributed by atoms with Crippen molar-refractivity contribution in [3.05, 3.63) is 66.4 Å². The van der Waals surface area contributed by atoms with Gasteiger partial charge in [-0.05, 0) is 24.3 Å². The van der Waals surface area contributed by atoms with Crippen LogP contribution in [0.3, 0.4) is 0 Å². The predicted molar refractivity (Wildman–Crippen MR) is 124 cm³/mol. The Morgan fingerprint density at radius 2 is 1.82 bits per heavy atom. The van der Waals surface area contributed by atoms with Crippen LogP contribution < -0.4 is 25.4 Å². The fraction of sp³-hybridized carbons (Fsp3) is 0.130. The molecule has 3 amide bonds. The highest BCUT2D eigenvalue weighted by atomic mass is 19.1. The number of carbonyl (C=O) groups is 2. The summed E-state index contributed by atoms with van der Waals surface area (Å²) in [4.78, 5) is 28.6. The van der Waals surface area contributed by atoms with E-state index in [1.54, 1.807) is 31.4 Å². The van der Waals surface area contributed by atoms with Gasteiger partial charge in [-0.25, -0.2) is 9.18 Å². The lowest BCUT2D eigenvalue weighted by atomic mass is 10.1. The average molecular weight is 464 g/mol. The van der Waals surface area contributed by atoms with Gasteiger partial charge < -0.3 is 25.4 Å². The molecule has 34 heavy (non-hydrogen) atoms. The van der Waals surface area contributed by atoms with Gasteiger partial charge in [-0.3, -0.25) is 14.5 Å². The van der Waals surface area contributed by atoms with E-state index in [0.717, 1.165) is 6.07 Å². The first-order valence-corrected chi connectivity index (χ1v) is 10.1. The number of urea groups is 1. The van der Waals surface area contributed by atoms with Crippen LogP contribution in [-0.4, -0.2) is 40.9 Å². The molecular weight excluding hydrogens is 443 g/mol. The Morgan fingerprint density at radius 1 is 1.03 bits per heavy atom. The Kier molecular flexibility index (Phi) is 6.26. The van der Waals surface area contributed by atoms with Gasteiger partial charge in [-0.1, -0.05) is 0 Å². The van der Waals surface area contributed by atoms with Gasteiger partial charge in [-0.15, -0.1) is 0 Å². The standard InChI is InChI=1S/C23H21FN6O4/c1-25-22(31)16-9-15-18(10-21(16)33-3)26-7-6-19(15)34-20-5-4-13(8-17(20)24)28-23(32)29-14-11-27-30(2)12-14/h4-12H,1-3H3,(H,25,31)(H2,28,29,32). The largest absolute Gasteiger partial charge is 0.496 e. The van der Waals surface area contributed by atoms with Crippen molar-refractivity contribution in [3.63, 3.8) is 0 Å². The molecule has 0 bridgehead atoms. The number of rotatable bonds is 6. The van der Waals surface area contributed by atoms with Crippen LogP contribution in [0.25, 0.3) is 10.9 Å². The van der Waals surface area contributed by atoms with Gasteiger partial charge in [0.1, 0.15) is 11.5 Å². The minimum absolute atomic E-state index is 0.0666. The van der Waals surface area contributed by atoms with Crippen LogP contribution in [0.1, 0.15) is 10.4 Å². The van der Waals surface area contributed by atoms with Crippen molar-refractivity contribution in [1.29, 1.82) is 0 Å².